The number of rotatable bonds is 8. The van der Waals surface area contributed by atoms with Crippen molar-refractivity contribution in [1.29, 1.82) is 0 Å². The van der Waals surface area contributed by atoms with Crippen molar-refractivity contribution in [3.05, 3.63) is 83.6 Å². The number of hydrogen-bond acceptors (Lipinski definition) is 0. The summed E-state index contributed by atoms with van der Waals surface area (Å²) in [6.07, 6.45) is 24.9. The molecule has 150 valence electrons. The zero-order chi connectivity index (χ0) is 20.7. The van der Waals surface area contributed by atoms with E-state index in [1.807, 2.05) is 27.7 Å². The Labute approximate surface area is 169 Å². The first-order valence-electron chi connectivity index (χ1n) is 11.0. The summed E-state index contributed by atoms with van der Waals surface area (Å²) in [5, 5.41) is 0. The van der Waals surface area contributed by atoms with Crippen molar-refractivity contribution < 1.29 is 0 Å². The zero-order valence-corrected chi connectivity index (χ0v) is 18.9. The van der Waals surface area contributed by atoms with Crippen LogP contribution in [0, 0.1) is 11.8 Å². The Bertz CT molecular complexity index is 602. The summed E-state index contributed by atoms with van der Waals surface area (Å²) in [4.78, 5) is 0. The van der Waals surface area contributed by atoms with Crippen LogP contribution in [0.3, 0.4) is 0 Å². The molecule has 0 radical (unpaired) electrons. The summed E-state index contributed by atoms with van der Waals surface area (Å²) in [5.41, 5.74) is 5.19. The maximum absolute atomic E-state index is 4.35. The lowest BCUT2D eigenvalue weighted by atomic mass is 9.92. The Morgan fingerprint density at radius 3 is 2.41 bits per heavy atom. The van der Waals surface area contributed by atoms with E-state index < -0.39 is 0 Å². The third-order valence-corrected chi connectivity index (χ3v) is 4.35. The average Bonchev–Trinajstić information content (AvgIpc) is 3.48. The quantitative estimate of drug-likeness (QED) is 0.376. The predicted molar refractivity (Wildman–Crippen MR) is 126 cm³/mol. The fourth-order valence-electron chi connectivity index (χ4n) is 3.04. The molecule has 0 aliphatic heterocycles. The van der Waals surface area contributed by atoms with E-state index in [-0.39, 0.29) is 0 Å². The van der Waals surface area contributed by atoms with Gasteiger partial charge in [0.1, 0.15) is 0 Å². The van der Waals surface area contributed by atoms with Crippen LogP contribution in [0.5, 0.6) is 0 Å². The Morgan fingerprint density at radius 2 is 1.81 bits per heavy atom. The molecule has 0 saturated heterocycles. The highest BCUT2D eigenvalue weighted by Crippen LogP contribution is 2.51. The van der Waals surface area contributed by atoms with Gasteiger partial charge in [-0.25, -0.2) is 0 Å². The van der Waals surface area contributed by atoms with Crippen LogP contribution in [0.2, 0.25) is 0 Å². The van der Waals surface area contributed by atoms with E-state index >= 15 is 0 Å². The number of fused-ring (bicyclic) bond motifs is 1. The molecule has 2 rings (SSSR count). The number of hydrogen-bond donors (Lipinski definition) is 0. The molecule has 27 heavy (non-hydrogen) atoms. The highest BCUT2D eigenvalue weighted by molar-refractivity contribution is 5.54. The minimum atomic E-state index is 0.698. The van der Waals surface area contributed by atoms with Crippen LogP contribution >= 0.6 is 0 Å². The van der Waals surface area contributed by atoms with E-state index in [1.54, 1.807) is 0 Å². The monoisotopic (exact) mass is 366 g/mol. The minimum absolute atomic E-state index is 0.698. The van der Waals surface area contributed by atoms with Gasteiger partial charge in [0.2, 0.25) is 0 Å². The maximum atomic E-state index is 4.35. The van der Waals surface area contributed by atoms with Crippen molar-refractivity contribution in [1.82, 2.24) is 0 Å². The summed E-state index contributed by atoms with van der Waals surface area (Å²) in [7, 11) is 0. The second-order valence-corrected chi connectivity index (χ2v) is 6.44. The summed E-state index contributed by atoms with van der Waals surface area (Å²) < 4.78 is 0. The van der Waals surface area contributed by atoms with Crippen molar-refractivity contribution >= 4 is 0 Å². The largest absolute Gasteiger partial charge is 0.0915 e. The highest BCUT2D eigenvalue weighted by Gasteiger charge is 2.40. The molecular weight excluding hydrogens is 324 g/mol. The van der Waals surface area contributed by atoms with Crippen molar-refractivity contribution in [2.24, 2.45) is 11.8 Å². The standard InChI is InChI=1S/C23H30.2C2H6/c1-5-8-10-13-20-15-21-17-23(21)22(16-20)18(4)14-19(11-7-3)12-9-6-2;2*1-2/h7,9-16,21,23H,4-6,8,17H2,1-3H3;2*1-2H3/b11-7+,12-9-,13-10+,19-14-;;. The highest BCUT2D eigenvalue weighted by atomic mass is 14.4. The summed E-state index contributed by atoms with van der Waals surface area (Å²) >= 11 is 0. The molecular formula is C27H42. The van der Waals surface area contributed by atoms with Crippen molar-refractivity contribution in [3.63, 3.8) is 0 Å². The average molecular weight is 367 g/mol. The maximum Gasteiger partial charge on any atom is -0.00867 e. The van der Waals surface area contributed by atoms with Crippen LogP contribution in [0.4, 0.5) is 0 Å². The molecule has 2 aliphatic rings. The van der Waals surface area contributed by atoms with Crippen LogP contribution < -0.4 is 0 Å². The Balaban J connectivity index is 0.00000158. The first-order valence-corrected chi connectivity index (χ1v) is 11.0. The third kappa shape index (κ3) is 9.09. The topological polar surface area (TPSA) is 0 Å². The van der Waals surface area contributed by atoms with Gasteiger partial charge in [0.15, 0.2) is 0 Å². The molecule has 2 aliphatic carbocycles. The summed E-state index contributed by atoms with van der Waals surface area (Å²) in [6.45, 7) is 18.8. The molecule has 0 aromatic heterocycles. The van der Waals surface area contributed by atoms with Crippen molar-refractivity contribution in [3.8, 4) is 0 Å². The number of allylic oxidation sites excluding steroid dienone is 13. The molecule has 0 aromatic rings. The zero-order valence-electron chi connectivity index (χ0n) is 18.9. The van der Waals surface area contributed by atoms with E-state index in [0.29, 0.717) is 5.92 Å². The summed E-state index contributed by atoms with van der Waals surface area (Å²) in [6, 6.07) is 0. The Hall–Kier alpha value is -1.82. The molecule has 0 spiro atoms. The van der Waals surface area contributed by atoms with E-state index in [1.165, 1.54) is 35.1 Å². The van der Waals surface area contributed by atoms with Gasteiger partial charge < -0.3 is 0 Å². The van der Waals surface area contributed by atoms with Gasteiger partial charge in [-0.15, -0.1) is 0 Å². The minimum Gasteiger partial charge on any atom is -0.0915 e. The smallest absolute Gasteiger partial charge is 0.00867 e. The molecule has 0 bridgehead atoms. The molecule has 0 heteroatoms. The first kappa shape index (κ1) is 25.2. The fourth-order valence-corrected chi connectivity index (χ4v) is 3.04. The van der Waals surface area contributed by atoms with Crippen LogP contribution in [0.15, 0.2) is 83.6 Å². The van der Waals surface area contributed by atoms with Crippen LogP contribution in [0.1, 0.15) is 74.1 Å². The molecule has 2 unspecified atom stereocenters. The van der Waals surface area contributed by atoms with Crippen LogP contribution in [-0.4, -0.2) is 0 Å². The lowest BCUT2D eigenvalue weighted by molar-refractivity contribution is 0.916. The second kappa shape index (κ2) is 15.3. The van der Waals surface area contributed by atoms with Gasteiger partial charge in [-0.3, -0.25) is 0 Å². The van der Waals surface area contributed by atoms with E-state index in [9.17, 15) is 0 Å². The van der Waals surface area contributed by atoms with Gasteiger partial charge >= 0.3 is 0 Å². The van der Waals surface area contributed by atoms with Crippen LogP contribution in [-0.2, 0) is 0 Å². The summed E-state index contributed by atoms with van der Waals surface area (Å²) in [5.74, 6) is 1.43. The van der Waals surface area contributed by atoms with Gasteiger partial charge in [-0.2, -0.15) is 0 Å². The van der Waals surface area contributed by atoms with Crippen molar-refractivity contribution in [2.75, 3.05) is 0 Å². The van der Waals surface area contributed by atoms with E-state index in [4.69, 9.17) is 0 Å². The molecule has 0 heterocycles. The van der Waals surface area contributed by atoms with E-state index in [0.717, 1.165) is 18.8 Å². The predicted octanol–water partition coefficient (Wildman–Crippen LogP) is 8.92. The molecule has 0 nitrogen and oxygen atoms in total. The molecule has 1 saturated carbocycles. The van der Waals surface area contributed by atoms with Gasteiger partial charge in [0.25, 0.3) is 0 Å². The van der Waals surface area contributed by atoms with Gasteiger partial charge in [-0.1, -0.05) is 103 Å². The first-order chi connectivity index (χ1) is 13.2. The lowest BCUT2D eigenvalue weighted by Crippen LogP contribution is -1.97. The Morgan fingerprint density at radius 1 is 1.11 bits per heavy atom. The molecule has 0 amide bonds. The van der Waals surface area contributed by atoms with E-state index in [2.05, 4.69) is 82.0 Å². The normalized spacial score (nSPS) is 21.1. The molecule has 2 atom stereocenters. The molecule has 1 fully saturated rings. The number of unbranched alkanes of at least 4 members (excludes halogenated alkanes) is 1. The van der Waals surface area contributed by atoms with Crippen LogP contribution in [0.25, 0.3) is 0 Å². The SMILES string of the molecule is C=C(/C=C(\C=C/CC)/C=C/C)C1=CC(/C=C/CCC)=CC2CC12.CC.CC. The van der Waals surface area contributed by atoms with Crippen molar-refractivity contribution in [2.45, 2.75) is 74.1 Å². The second-order valence-electron chi connectivity index (χ2n) is 6.44. The lowest BCUT2D eigenvalue weighted by Gasteiger charge is -2.13. The molecule has 0 aromatic carbocycles. The Kier molecular flexibility index (Phi) is 14.2. The fraction of sp³-hybridized carbons (Fsp3) is 0.481. The van der Waals surface area contributed by atoms with Gasteiger partial charge in [-0.05, 0) is 66.4 Å². The molecule has 0 N–H and O–H groups in total. The third-order valence-electron chi connectivity index (χ3n) is 4.35. The van der Waals surface area contributed by atoms with Gasteiger partial charge in [0, 0.05) is 0 Å². The van der Waals surface area contributed by atoms with Gasteiger partial charge in [0.05, 0.1) is 0 Å².